The Hall–Kier alpha value is -2.14. The molecular weight excluding hydrogens is 314 g/mol. The highest BCUT2D eigenvalue weighted by molar-refractivity contribution is 6.31. The Morgan fingerprint density at radius 2 is 2.00 bits per heavy atom. The van der Waals surface area contributed by atoms with E-state index in [0.29, 0.717) is 19.6 Å². The number of piperazine rings is 1. The molecule has 23 heavy (non-hydrogen) atoms. The van der Waals surface area contributed by atoms with E-state index < -0.39 is 0 Å². The first kappa shape index (κ1) is 15.7. The first-order chi connectivity index (χ1) is 11.1. The molecule has 0 radical (unpaired) electrons. The number of carbonyl (C=O) groups excluding carboxylic acids is 1. The van der Waals surface area contributed by atoms with E-state index in [0.717, 1.165) is 35.1 Å². The van der Waals surface area contributed by atoms with Crippen LogP contribution < -0.4 is 10.2 Å². The molecule has 1 aliphatic rings. The number of hydrogen-bond donors (Lipinski definition) is 1. The molecule has 122 valence electrons. The number of furan rings is 1. The van der Waals surface area contributed by atoms with E-state index in [4.69, 9.17) is 16.0 Å². The molecule has 1 saturated heterocycles. The Kier molecular flexibility index (Phi) is 4.76. The van der Waals surface area contributed by atoms with E-state index in [1.807, 2.05) is 36.1 Å². The second-order valence-electron chi connectivity index (χ2n) is 5.60. The fraction of sp³-hybridized carbons (Fsp3) is 0.353. The number of urea groups is 1. The monoisotopic (exact) mass is 333 g/mol. The molecule has 6 heteroatoms. The normalized spacial score (nSPS) is 14.9. The zero-order chi connectivity index (χ0) is 16.2. The van der Waals surface area contributed by atoms with Crippen molar-refractivity contribution >= 4 is 23.3 Å². The summed E-state index contributed by atoms with van der Waals surface area (Å²) in [5.41, 5.74) is 2.23. The molecule has 1 aliphatic heterocycles. The molecule has 2 aromatic rings. The first-order valence-corrected chi connectivity index (χ1v) is 8.08. The molecular formula is C17H20ClN3O2. The maximum absolute atomic E-state index is 12.2. The van der Waals surface area contributed by atoms with Crippen LogP contribution in [0.1, 0.15) is 11.3 Å². The van der Waals surface area contributed by atoms with Crippen molar-refractivity contribution in [1.82, 2.24) is 10.2 Å². The van der Waals surface area contributed by atoms with Crippen molar-refractivity contribution in [2.24, 2.45) is 0 Å². The fourth-order valence-corrected chi connectivity index (χ4v) is 2.95. The minimum Gasteiger partial charge on any atom is -0.467 e. The maximum atomic E-state index is 12.2. The molecule has 1 fully saturated rings. The van der Waals surface area contributed by atoms with Gasteiger partial charge in [0.2, 0.25) is 0 Å². The van der Waals surface area contributed by atoms with Crippen LogP contribution >= 0.6 is 11.6 Å². The van der Waals surface area contributed by atoms with Gasteiger partial charge in [0.05, 0.1) is 12.8 Å². The minimum atomic E-state index is -0.0520. The average molecular weight is 334 g/mol. The number of rotatable bonds is 3. The van der Waals surface area contributed by atoms with Gasteiger partial charge in [-0.1, -0.05) is 17.7 Å². The molecule has 0 bridgehead atoms. The maximum Gasteiger partial charge on any atom is 0.317 e. The molecule has 2 heterocycles. The fourth-order valence-electron chi connectivity index (χ4n) is 2.78. The second kappa shape index (κ2) is 6.96. The van der Waals surface area contributed by atoms with Crippen molar-refractivity contribution in [3.05, 3.63) is 52.9 Å². The number of hydrogen-bond acceptors (Lipinski definition) is 3. The van der Waals surface area contributed by atoms with Crippen LogP contribution in [-0.2, 0) is 6.54 Å². The van der Waals surface area contributed by atoms with Crippen molar-refractivity contribution in [3.63, 3.8) is 0 Å². The van der Waals surface area contributed by atoms with Crippen LogP contribution in [0.3, 0.4) is 0 Å². The quantitative estimate of drug-likeness (QED) is 0.937. The van der Waals surface area contributed by atoms with Crippen LogP contribution in [0.15, 0.2) is 41.0 Å². The second-order valence-corrected chi connectivity index (χ2v) is 6.00. The highest BCUT2D eigenvalue weighted by Gasteiger charge is 2.22. The van der Waals surface area contributed by atoms with Gasteiger partial charge < -0.3 is 19.5 Å². The number of nitrogens with zero attached hydrogens (tertiary/aromatic N) is 2. The van der Waals surface area contributed by atoms with E-state index in [1.54, 1.807) is 6.26 Å². The number of amides is 2. The lowest BCUT2D eigenvalue weighted by molar-refractivity contribution is 0.193. The third kappa shape index (κ3) is 3.62. The predicted octanol–water partition coefficient (Wildman–Crippen LogP) is 3.27. The molecule has 0 aliphatic carbocycles. The van der Waals surface area contributed by atoms with Crippen LogP contribution in [0.25, 0.3) is 0 Å². The van der Waals surface area contributed by atoms with Crippen LogP contribution in [0.5, 0.6) is 0 Å². The number of halogens is 1. The Labute approximate surface area is 140 Å². The molecule has 0 atom stereocenters. The van der Waals surface area contributed by atoms with E-state index >= 15 is 0 Å². The highest BCUT2D eigenvalue weighted by Crippen LogP contribution is 2.27. The van der Waals surface area contributed by atoms with E-state index in [1.165, 1.54) is 0 Å². The van der Waals surface area contributed by atoms with Gasteiger partial charge in [-0.2, -0.15) is 0 Å². The largest absolute Gasteiger partial charge is 0.467 e. The van der Waals surface area contributed by atoms with E-state index in [2.05, 4.69) is 16.3 Å². The standard InChI is InChI=1S/C17H20ClN3O2/c1-13-15(18)5-2-6-16(13)20-7-9-21(10-8-20)17(22)19-12-14-4-3-11-23-14/h2-6,11H,7-10,12H2,1H3,(H,19,22). The Morgan fingerprint density at radius 3 is 2.70 bits per heavy atom. The number of nitrogens with one attached hydrogen (secondary N) is 1. The zero-order valence-electron chi connectivity index (χ0n) is 13.1. The molecule has 0 spiro atoms. The van der Waals surface area contributed by atoms with E-state index in [-0.39, 0.29) is 6.03 Å². The SMILES string of the molecule is Cc1c(Cl)cccc1N1CCN(C(=O)NCc2ccco2)CC1. The zero-order valence-corrected chi connectivity index (χ0v) is 13.8. The van der Waals surface area contributed by atoms with Crippen molar-refractivity contribution in [2.45, 2.75) is 13.5 Å². The third-order valence-electron chi connectivity index (χ3n) is 4.14. The van der Waals surface area contributed by atoms with Crippen molar-refractivity contribution in [1.29, 1.82) is 0 Å². The summed E-state index contributed by atoms with van der Waals surface area (Å²) in [5, 5.41) is 3.66. The Bertz CT molecular complexity index is 664. The average Bonchev–Trinajstić information content (AvgIpc) is 3.09. The summed E-state index contributed by atoms with van der Waals surface area (Å²) >= 11 is 6.19. The van der Waals surface area contributed by atoms with Gasteiger partial charge in [0.1, 0.15) is 5.76 Å². The lowest BCUT2D eigenvalue weighted by Gasteiger charge is -2.36. The molecule has 2 amide bonds. The molecule has 1 N–H and O–H groups in total. The lowest BCUT2D eigenvalue weighted by atomic mass is 10.1. The summed E-state index contributed by atoms with van der Waals surface area (Å²) in [6.45, 7) is 5.43. The lowest BCUT2D eigenvalue weighted by Crippen LogP contribution is -2.51. The van der Waals surface area contributed by atoms with E-state index in [9.17, 15) is 4.79 Å². The summed E-state index contributed by atoms with van der Waals surface area (Å²) in [4.78, 5) is 16.3. The van der Waals surface area contributed by atoms with Crippen LogP contribution in [0.2, 0.25) is 5.02 Å². The van der Waals surface area contributed by atoms with Gasteiger partial charge in [0, 0.05) is 36.9 Å². The Balaban J connectivity index is 1.53. The van der Waals surface area contributed by atoms with Gasteiger partial charge in [-0.05, 0) is 36.8 Å². The molecule has 1 aromatic carbocycles. The molecule has 5 nitrogen and oxygen atoms in total. The number of anilines is 1. The summed E-state index contributed by atoms with van der Waals surface area (Å²) in [6, 6.07) is 9.55. The molecule has 0 unspecified atom stereocenters. The van der Waals surface area contributed by atoms with Gasteiger partial charge in [0.25, 0.3) is 0 Å². The summed E-state index contributed by atoms with van der Waals surface area (Å²) < 4.78 is 5.22. The topological polar surface area (TPSA) is 48.7 Å². The minimum absolute atomic E-state index is 0.0520. The summed E-state index contributed by atoms with van der Waals surface area (Å²) in [7, 11) is 0. The number of benzene rings is 1. The molecule has 3 rings (SSSR count). The summed E-state index contributed by atoms with van der Waals surface area (Å²) in [5.74, 6) is 0.756. The first-order valence-electron chi connectivity index (χ1n) is 7.70. The highest BCUT2D eigenvalue weighted by atomic mass is 35.5. The van der Waals surface area contributed by atoms with Crippen molar-refractivity contribution < 1.29 is 9.21 Å². The van der Waals surface area contributed by atoms with Gasteiger partial charge in [-0.25, -0.2) is 4.79 Å². The predicted molar refractivity (Wildman–Crippen MR) is 90.9 cm³/mol. The van der Waals surface area contributed by atoms with Crippen LogP contribution in [0, 0.1) is 6.92 Å². The number of carbonyl (C=O) groups is 1. The van der Waals surface area contributed by atoms with Crippen molar-refractivity contribution in [2.75, 3.05) is 31.1 Å². The Morgan fingerprint density at radius 1 is 1.22 bits per heavy atom. The van der Waals surface area contributed by atoms with Crippen LogP contribution in [0.4, 0.5) is 10.5 Å². The molecule has 0 saturated carbocycles. The van der Waals surface area contributed by atoms with Gasteiger partial charge in [0.15, 0.2) is 0 Å². The van der Waals surface area contributed by atoms with Crippen LogP contribution in [-0.4, -0.2) is 37.1 Å². The molecule has 1 aromatic heterocycles. The third-order valence-corrected chi connectivity index (χ3v) is 4.55. The smallest absolute Gasteiger partial charge is 0.317 e. The van der Waals surface area contributed by atoms with Gasteiger partial charge >= 0.3 is 6.03 Å². The summed E-state index contributed by atoms with van der Waals surface area (Å²) in [6.07, 6.45) is 1.60. The van der Waals surface area contributed by atoms with Crippen molar-refractivity contribution in [3.8, 4) is 0 Å². The van der Waals surface area contributed by atoms with Gasteiger partial charge in [-0.3, -0.25) is 0 Å². The van der Waals surface area contributed by atoms with Gasteiger partial charge in [-0.15, -0.1) is 0 Å².